The number of hydrogen-bond acceptors (Lipinski definition) is 4. The molecule has 0 N–H and O–H groups in total. The van der Waals surface area contributed by atoms with Gasteiger partial charge in [0.2, 0.25) is 0 Å². The van der Waals surface area contributed by atoms with Gasteiger partial charge < -0.3 is 19.1 Å². The van der Waals surface area contributed by atoms with Crippen LogP contribution in [0.1, 0.15) is 116 Å². The number of aryl methyl sites for hydroxylation is 2. The Morgan fingerprint density at radius 3 is 1.43 bits per heavy atom. The first-order valence-corrected chi connectivity index (χ1v) is 24.2. The van der Waals surface area contributed by atoms with Crippen molar-refractivity contribution in [3.63, 3.8) is 0 Å². The Morgan fingerprint density at radius 1 is 0.448 bits per heavy atom. The third kappa shape index (κ3) is 7.56. The minimum Gasteiger partial charge on any atom is -0.468 e. The van der Waals surface area contributed by atoms with Gasteiger partial charge in [0, 0.05) is 50.9 Å². The molecule has 0 aliphatic carbocycles. The Kier molecular flexibility index (Phi) is 10.3. The summed E-state index contributed by atoms with van der Waals surface area (Å²) in [5.74, 6) is 0. The molecule has 5 heteroatoms. The highest BCUT2D eigenvalue weighted by molar-refractivity contribution is 7.00. The van der Waals surface area contributed by atoms with Crippen LogP contribution in [0.4, 0.5) is 51.2 Å². The van der Waals surface area contributed by atoms with Crippen molar-refractivity contribution in [2.24, 2.45) is 0 Å². The molecular formula is C62H66BN3O. The largest absolute Gasteiger partial charge is 0.468 e. The van der Waals surface area contributed by atoms with Gasteiger partial charge in [-0.25, -0.2) is 0 Å². The number of benzene rings is 7. The second-order valence-electron chi connectivity index (χ2n) is 23.3. The molecule has 0 fully saturated rings. The summed E-state index contributed by atoms with van der Waals surface area (Å²) in [7, 11) is 0. The van der Waals surface area contributed by atoms with E-state index in [1.807, 2.05) is 0 Å². The highest BCUT2D eigenvalue weighted by Crippen LogP contribution is 2.50. The van der Waals surface area contributed by atoms with Gasteiger partial charge in [-0.1, -0.05) is 156 Å². The predicted molar refractivity (Wildman–Crippen MR) is 289 cm³/mol. The van der Waals surface area contributed by atoms with Gasteiger partial charge in [-0.15, -0.1) is 0 Å². The maximum atomic E-state index is 7.36. The Hall–Kier alpha value is -6.46. The molecule has 10 rings (SSSR count). The van der Waals surface area contributed by atoms with Crippen LogP contribution in [0, 0.1) is 13.8 Å². The van der Waals surface area contributed by atoms with E-state index in [0.29, 0.717) is 0 Å². The molecule has 7 aromatic carbocycles. The Morgan fingerprint density at radius 2 is 0.925 bits per heavy atom. The number of anilines is 9. The van der Waals surface area contributed by atoms with Crippen molar-refractivity contribution >= 4 is 85.5 Å². The van der Waals surface area contributed by atoms with Gasteiger partial charge in [0.1, 0.15) is 5.58 Å². The lowest BCUT2D eigenvalue weighted by Gasteiger charge is -2.44. The molecule has 0 bridgehead atoms. The van der Waals surface area contributed by atoms with Crippen LogP contribution < -0.4 is 31.3 Å². The van der Waals surface area contributed by atoms with Crippen LogP contribution in [0.25, 0.3) is 11.0 Å². The van der Waals surface area contributed by atoms with Gasteiger partial charge in [0.05, 0.1) is 11.3 Å². The van der Waals surface area contributed by atoms with E-state index in [1.165, 1.54) is 55.7 Å². The van der Waals surface area contributed by atoms with Gasteiger partial charge in [0.25, 0.3) is 6.71 Å². The molecule has 0 radical (unpaired) electrons. The lowest BCUT2D eigenvalue weighted by atomic mass is 9.35. The second kappa shape index (κ2) is 15.6. The minimum atomic E-state index is -0.177. The molecule has 0 saturated heterocycles. The van der Waals surface area contributed by atoms with E-state index >= 15 is 0 Å². The highest BCUT2D eigenvalue weighted by Gasteiger charge is 2.48. The molecule has 2 aliphatic heterocycles. The normalized spacial score (nSPS) is 13.7. The van der Waals surface area contributed by atoms with Gasteiger partial charge in [-0.05, 0) is 153 Å². The average molecular weight is 880 g/mol. The van der Waals surface area contributed by atoms with Crippen LogP contribution in [-0.4, -0.2) is 6.71 Å². The monoisotopic (exact) mass is 880 g/mol. The molecule has 0 saturated carbocycles. The predicted octanol–water partition coefficient (Wildman–Crippen LogP) is 15.8. The zero-order valence-electron chi connectivity index (χ0n) is 42.2. The van der Waals surface area contributed by atoms with E-state index in [0.717, 1.165) is 56.4 Å². The van der Waals surface area contributed by atoms with Crippen LogP contribution in [-0.2, 0) is 21.7 Å². The van der Waals surface area contributed by atoms with Crippen LogP contribution in [0.5, 0.6) is 0 Å². The molecule has 0 amide bonds. The Bertz CT molecular complexity index is 3160. The summed E-state index contributed by atoms with van der Waals surface area (Å²) in [5, 5.41) is 1.14. The summed E-state index contributed by atoms with van der Waals surface area (Å²) in [6.07, 6.45) is 0. The molecule has 1 aromatic heterocycles. The third-order valence-corrected chi connectivity index (χ3v) is 14.3. The van der Waals surface area contributed by atoms with Crippen molar-refractivity contribution in [3.8, 4) is 0 Å². The molecule has 338 valence electrons. The first-order valence-electron chi connectivity index (χ1n) is 24.2. The Balaban J connectivity index is 1.33. The van der Waals surface area contributed by atoms with E-state index in [4.69, 9.17) is 4.42 Å². The molecule has 3 heterocycles. The SMILES string of the molecule is Cc1ccccc1N(c1ccc2c(c1)N(c1ccc(C(C)(C)C)cc1)c1cc(C(C)(C)C)cc3c1B2c1oc2ccc(C(C)(C)C)cc2c1N3c1ccc(C(C)(C)C)cc1)c1ccccc1C. The van der Waals surface area contributed by atoms with Crippen molar-refractivity contribution in [2.75, 3.05) is 14.7 Å². The number of hydrogen-bond donors (Lipinski definition) is 0. The molecule has 0 unspecified atom stereocenters. The summed E-state index contributed by atoms with van der Waals surface area (Å²) >= 11 is 0. The number of para-hydroxylation sites is 2. The third-order valence-electron chi connectivity index (χ3n) is 14.3. The van der Waals surface area contributed by atoms with Crippen LogP contribution in [0.3, 0.4) is 0 Å². The van der Waals surface area contributed by atoms with Crippen LogP contribution in [0.15, 0.2) is 150 Å². The van der Waals surface area contributed by atoms with Gasteiger partial charge in [0.15, 0.2) is 0 Å². The smallest absolute Gasteiger partial charge is 0.297 e. The fourth-order valence-electron chi connectivity index (χ4n) is 10.3. The van der Waals surface area contributed by atoms with E-state index in [1.54, 1.807) is 0 Å². The zero-order valence-corrected chi connectivity index (χ0v) is 42.2. The fourth-order valence-corrected chi connectivity index (χ4v) is 10.3. The topological polar surface area (TPSA) is 22.9 Å². The fraction of sp³-hybridized carbons (Fsp3) is 0.290. The lowest BCUT2D eigenvalue weighted by molar-refractivity contribution is 0.589. The minimum absolute atomic E-state index is 0.0110. The molecule has 67 heavy (non-hydrogen) atoms. The molecular weight excluding hydrogens is 814 g/mol. The Labute approximate surface area is 400 Å². The van der Waals surface area contributed by atoms with Crippen molar-refractivity contribution in [1.29, 1.82) is 0 Å². The van der Waals surface area contributed by atoms with Crippen molar-refractivity contribution < 1.29 is 4.42 Å². The number of nitrogens with zero attached hydrogens (tertiary/aromatic N) is 3. The van der Waals surface area contributed by atoms with E-state index in [-0.39, 0.29) is 28.4 Å². The number of rotatable bonds is 5. The lowest BCUT2D eigenvalue weighted by Crippen LogP contribution is -2.61. The van der Waals surface area contributed by atoms with Crippen molar-refractivity contribution in [1.82, 2.24) is 0 Å². The van der Waals surface area contributed by atoms with Crippen LogP contribution in [0.2, 0.25) is 0 Å². The summed E-state index contributed by atoms with van der Waals surface area (Å²) in [6, 6.07) is 55.1. The van der Waals surface area contributed by atoms with E-state index in [2.05, 4.69) is 257 Å². The molecule has 0 atom stereocenters. The standard InChI is InChI=1S/C62H66BN3O/c1-39-19-15-17-21-50(39)65(51-22-18-16-20-40(51)2)47-32-33-49-52(38-47)64(45-28-23-41(24-29-45)59(3,4)5)53-36-44(62(12,13)14)37-54-56(53)63(49)58-57(48-35-43(61(9,10)11)27-34-55(48)67-58)66(54)46-30-25-42(26-31-46)60(6,7)8/h15-38H,1-14H3. The van der Waals surface area contributed by atoms with Crippen molar-refractivity contribution in [3.05, 3.63) is 179 Å². The first kappa shape index (κ1) is 44.4. The van der Waals surface area contributed by atoms with Crippen molar-refractivity contribution in [2.45, 2.75) is 119 Å². The second-order valence-corrected chi connectivity index (χ2v) is 23.3. The molecule has 2 aliphatic rings. The number of furan rings is 1. The maximum Gasteiger partial charge on any atom is 0.297 e. The van der Waals surface area contributed by atoms with Gasteiger partial charge >= 0.3 is 0 Å². The van der Waals surface area contributed by atoms with E-state index in [9.17, 15) is 0 Å². The maximum absolute atomic E-state index is 7.36. The summed E-state index contributed by atoms with van der Waals surface area (Å²) < 4.78 is 7.36. The summed E-state index contributed by atoms with van der Waals surface area (Å²) in [5.41, 5.74) is 22.1. The summed E-state index contributed by atoms with van der Waals surface area (Å²) in [6.45, 7) is 31.9. The molecule has 8 aromatic rings. The zero-order chi connectivity index (χ0) is 47.5. The van der Waals surface area contributed by atoms with Crippen LogP contribution >= 0.6 is 0 Å². The van der Waals surface area contributed by atoms with Gasteiger partial charge in [-0.3, -0.25) is 0 Å². The average Bonchev–Trinajstić information content (AvgIpc) is 3.65. The first-order chi connectivity index (χ1) is 31.6. The quantitative estimate of drug-likeness (QED) is 0.161. The number of fused-ring (bicyclic) bond motifs is 6. The molecule has 0 spiro atoms. The van der Waals surface area contributed by atoms with E-state index < -0.39 is 0 Å². The molecule has 4 nitrogen and oxygen atoms in total. The summed E-state index contributed by atoms with van der Waals surface area (Å²) in [4.78, 5) is 7.53. The highest BCUT2D eigenvalue weighted by atomic mass is 16.3. The van der Waals surface area contributed by atoms with Gasteiger partial charge in [-0.2, -0.15) is 0 Å².